The lowest BCUT2D eigenvalue weighted by atomic mass is 10.1. The third-order valence-corrected chi connectivity index (χ3v) is 3.87. The van der Waals surface area contributed by atoms with Crippen LogP contribution in [0, 0.1) is 6.92 Å². The van der Waals surface area contributed by atoms with E-state index in [-0.39, 0.29) is 0 Å². The van der Waals surface area contributed by atoms with Gasteiger partial charge in [-0.25, -0.2) is 9.97 Å². The lowest BCUT2D eigenvalue weighted by Crippen LogP contribution is -2.14. The highest BCUT2D eigenvalue weighted by Crippen LogP contribution is 2.21. The highest BCUT2D eigenvalue weighted by Gasteiger charge is 2.07. The summed E-state index contributed by atoms with van der Waals surface area (Å²) in [6.07, 6.45) is 3.30. The number of rotatable bonds is 7. The highest BCUT2D eigenvalue weighted by atomic mass is 35.5. The van der Waals surface area contributed by atoms with E-state index in [2.05, 4.69) is 41.3 Å². The van der Waals surface area contributed by atoms with Crippen molar-refractivity contribution in [2.75, 3.05) is 18.5 Å². The molecule has 5 heteroatoms. The first-order chi connectivity index (χ1) is 10.7. The van der Waals surface area contributed by atoms with Gasteiger partial charge in [0.15, 0.2) is 0 Å². The lowest BCUT2D eigenvalue weighted by Gasteiger charge is -2.13. The molecule has 2 aromatic rings. The predicted octanol–water partition coefficient (Wildman–Crippen LogP) is 4.05. The first-order valence-corrected chi connectivity index (χ1v) is 7.99. The van der Waals surface area contributed by atoms with E-state index in [9.17, 15) is 0 Å². The molecule has 1 aromatic carbocycles. The van der Waals surface area contributed by atoms with Gasteiger partial charge in [-0.05, 0) is 37.0 Å². The summed E-state index contributed by atoms with van der Waals surface area (Å²) < 4.78 is 5.82. The average molecular weight is 320 g/mol. The van der Waals surface area contributed by atoms with Crippen LogP contribution in [0.25, 0.3) is 0 Å². The fraction of sp³-hybridized carbons (Fsp3) is 0.412. The molecule has 2 rings (SSSR count). The van der Waals surface area contributed by atoms with Gasteiger partial charge in [0.25, 0.3) is 0 Å². The Morgan fingerprint density at radius 2 is 2.00 bits per heavy atom. The van der Waals surface area contributed by atoms with Crippen LogP contribution in [0.5, 0.6) is 5.75 Å². The summed E-state index contributed by atoms with van der Waals surface area (Å²) in [5.74, 6) is 1.71. The van der Waals surface area contributed by atoms with Crippen molar-refractivity contribution < 1.29 is 4.74 Å². The minimum absolute atomic E-state index is 0.506. The number of halogens is 1. The number of ether oxygens (including phenoxy) is 1. The van der Waals surface area contributed by atoms with Gasteiger partial charge in [-0.15, -0.1) is 0 Å². The normalized spacial score (nSPS) is 10.5. The molecule has 0 bridgehead atoms. The Bertz CT molecular complexity index is 631. The molecule has 0 atom stereocenters. The first kappa shape index (κ1) is 16.6. The van der Waals surface area contributed by atoms with Crippen molar-refractivity contribution in [2.24, 2.45) is 0 Å². The summed E-state index contributed by atoms with van der Waals surface area (Å²) in [5, 5.41) is 3.76. The van der Waals surface area contributed by atoms with E-state index in [1.165, 1.54) is 17.5 Å². The van der Waals surface area contributed by atoms with Crippen molar-refractivity contribution in [3.8, 4) is 5.75 Å². The number of anilines is 1. The van der Waals surface area contributed by atoms with Gasteiger partial charge in [0, 0.05) is 5.56 Å². The molecule has 0 aliphatic carbocycles. The number of nitrogens with zero attached hydrogens (tertiary/aromatic N) is 2. The van der Waals surface area contributed by atoms with Crippen LogP contribution in [0.1, 0.15) is 30.5 Å². The topological polar surface area (TPSA) is 47.0 Å². The van der Waals surface area contributed by atoms with E-state index in [1.54, 1.807) is 0 Å². The van der Waals surface area contributed by atoms with Crippen LogP contribution < -0.4 is 10.1 Å². The van der Waals surface area contributed by atoms with Crippen LogP contribution in [0.2, 0.25) is 5.15 Å². The fourth-order valence-corrected chi connectivity index (χ4v) is 2.55. The molecule has 4 nitrogen and oxygen atoms in total. The Labute approximate surface area is 136 Å². The minimum Gasteiger partial charge on any atom is -0.491 e. The van der Waals surface area contributed by atoms with E-state index < -0.39 is 0 Å². The Hall–Kier alpha value is -1.81. The zero-order chi connectivity index (χ0) is 15.9. The molecule has 0 saturated carbocycles. The summed E-state index contributed by atoms with van der Waals surface area (Å²) in [5.41, 5.74) is 3.43. The lowest BCUT2D eigenvalue weighted by molar-refractivity contribution is 0.330. The number of hydrogen-bond donors (Lipinski definition) is 1. The van der Waals surface area contributed by atoms with Crippen LogP contribution in [0.4, 0.5) is 5.82 Å². The molecule has 0 radical (unpaired) electrons. The maximum atomic E-state index is 6.07. The third kappa shape index (κ3) is 4.10. The summed E-state index contributed by atoms with van der Waals surface area (Å²) in [4.78, 5) is 8.23. The summed E-state index contributed by atoms with van der Waals surface area (Å²) in [6, 6.07) is 6.31. The van der Waals surface area contributed by atoms with E-state index in [0.717, 1.165) is 30.0 Å². The quantitative estimate of drug-likeness (QED) is 0.617. The zero-order valence-corrected chi connectivity index (χ0v) is 14.1. The number of aromatic nitrogens is 2. The molecule has 1 heterocycles. The van der Waals surface area contributed by atoms with E-state index in [4.69, 9.17) is 16.3 Å². The fourth-order valence-electron chi connectivity index (χ4n) is 2.28. The Morgan fingerprint density at radius 3 is 2.68 bits per heavy atom. The van der Waals surface area contributed by atoms with Crippen molar-refractivity contribution in [1.29, 1.82) is 0 Å². The summed E-state index contributed by atoms with van der Waals surface area (Å²) >= 11 is 6.07. The molecule has 22 heavy (non-hydrogen) atoms. The van der Waals surface area contributed by atoms with E-state index >= 15 is 0 Å². The first-order valence-electron chi connectivity index (χ1n) is 7.61. The molecule has 0 spiro atoms. The van der Waals surface area contributed by atoms with Crippen molar-refractivity contribution in [3.05, 3.63) is 46.4 Å². The van der Waals surface area contributed by atoms with Gasteiger partial charge in [-0.3, -0.25) is 0 Å². The van der Waals surface area contributed by atoms with Crippen LogP contribution in [0.3, 0.4) is 0 Å². The van der Waals surface area contributed by atoms with Gasteiger partial charge < -0.3 is 10.1 Å². The molecule has 1 aromatic heterocycles. The second kappa shape index (κ2) is 7.99. The molecular formula is C17H22ClN3O. The number of aryl methyl sites for hydroxylation is 2. The predicted molar refractivity (Wildman–Crippen MR) is 91.0 cm³/mol. The van der Waals surface area contributed by atoms with Crippen molar-refractivity contribution in [2.45, 2.75) is 33.6 Å². The second-order valence-corrected chi connectivity index (χ2v) is 5.43. The van der Waals surface area contributed by atoms with Gasteiger partial charge in [0.05, 0.1) is 6.54 Å². The standard InChI is InChI=1S/C17H22ClN3O/c1-4-13-6-7-15(12(3)10-13)22-9-8-19-17-14(5-2)16(18)20-11-21-17/h6-7,10-11H,4-5,8-9H2,1-3H3,(H,19,20,21). The van der Waals surface area contributed by atoms with Crippen LogP contribution in [-0.4, -0.2) is 23.1 Å². The largest absolute Gasteiger partial charge is 0.491 e. The minimum atomic E-state index is 0.506. The molecule has 0 aliphatic heterocycles. The monoisotopic (exact) mass is 319 g/mol. The maximum absolute atomic E-state index is 6.07. The van der Waals surface area contributed by atoms with E-state index in [0.29, 0.717) is 18.3 Å². The zero-order valence-electron chi connectivity index (χ0n) is 13.3. The molecule has 0 fully saturated rings. The number of benzene rings is 1. The van der Waals surface area contributed by atoms with Crippen LogP contribution in [-0.2, 0) is 12.8 Å². The molecule has 0 aliphatic rings. The number of nitrogens with one attached hydrogen (secondary N) is 1. The Kier molecular flexibility index (Phi) is 6.01. The molecule has 0 amide bonds. The second-order valence-electron chi connectivity index (χ2n) is 5.07. The van der Waals surface area contributed by atoms with Gasteiger partial charge in [0.1, 0.15) is 29.7 Å². The van der Waals surface area contributed by atoms with Crippen LogP contribution in [0.15, 0.2) is 24.5 Å². The van der Waals surface area contributed by atoms with E-state index in [1.807, 2.05) is 13.0 Å². The van der Waals surface area contributed by atoms with Gasteiger partial charge >= 0.3 is 0 Å². The average Bonchev–Trinajstić information content (AvgIpc) is 2.52. The molecule has 118 valence electrons. The van der Waals surface area contributed by atoms with Gasteiger partial charge in [0.2, 0.25) is 0 Å². The van der Waals surface area contributed by atoms with Crippen LogP contribution >= 0.6 is 11.6 Å². The van der Waals surface area contributed by atoms with Crippen molar-refractivity contribution in [3.63, 3.8) is 0 Å². The summed E-state index contributed by atoms with van der Waals surface area (Å²) in [6.45, 7) is 7.48. The Balaban J connectivity index is 1.89. The maximum Gasteiger partial charge on any atom is 0.137 e. The third-order valence-electron chi connectivity index (χ3n) is 3.55. The SMILES string of the molecule is CCc1ccc(OCCNc2ncnc(Cl)c2CC)c(C)c1. The molecule has 0 unspecified atom stereocenters. The Morgan fingerprint density at radius 1 is 1.18 bits per heavy atom. The van der Waals surface area contributed by atoms with Crippen molar-refractivity contribution >= 4 is 17.4 Å². The molecule has 0 saturated heterocycles. The highest BCUT2D eigenvalue weighted by molar-refractivity contribution is 6.30. The van der Waals surface area contributed by atoms with Gasteiger partial charge in [-0.2, -0.15) is 0 Å². The smallest absolute Gasteiger partial charge is 0.137 e. The molecular weight excluding hydrogens is 298 g/mol. The molecule has 1 N–H and O–H groups in total. The summed E-state index contributed by atoms with van der Waals surface area (Å²) in [7, 11) is 0. The van der Waals surface area contributed by atoms with Gasteiger partial charge in [-0.1, -0.05) is 37.6 Å². The number of hydrogen-bond acceptors (Lipinski definition) is 4. The van der Waals surface area contributed by atoms with Crippen molar-refractivity contribution in [1.82, 2.24) is 9.97 Å².